The van der Waals surface area contributed by atoms with Gasteiger partial charge in [-0.15, -0.1) is 0 Å². The van der Waals surface area contributed by atoms with Crippen molar-refractivity contribution in [3.63, 3.8) is 0 Å². The van der Waals surface area contributed by atoms with Crippen LogP contribution in [0.15, 0.2) is 54.6 Å². The predicted octanol–water partition coefficient (Wildman–Crippen LogP) is 3.06. The third kappa shape index (κ3) is 2.58. The number of benzene rings is 2. The largest absolute Gasteiger partial charge is 0.389 e. The molecule has 0 amide bonds. The Kier molecular flexibility index (Phi) is 3.17. The molecule has 2 aromatic rings. The second-order valence-electron chi connectivity index (χ2n) is 3.43. The predicted molar refractivity (Wildman–Crippen MR) is 72.1 cm³/mol. The van der Waals surface area contributed by atoms with E-state index in [0.717, 1.165) is 16.9 Å². The molecular formula is C13H12N2S. The zero-order valence-electron chi connectivity index (χ0n) is 8.68. The Hall–Kier alpha value is -1.87. The Bertz CT molecular complexity index is 477. The van der Waals surface area contributed by atoms with Crippen molar-refractivity contribution in [1.29, 1.82) is 0 Å². The van der Waals surface area contributed by atoms with Crippen LogP contribution in [0.5, 0.6) is 0 Å². The van der Waals surface area contributed by atoms with Gasteiger partial charge in [-0.25, -0.2) is 0 Å². The number of nitrogens with two attached hydrogens (primary N) is 1. The molecule has 0 atom stereocenters. The highest BCUT2D eigenvalue weighted by molar-refractivity contribution is 7.80. The second kappa shape index (κ2) is 4.77. The van der Waals surface area contributed by atoms with Crippen LogP contribution in [0.25, 0.3) is 0 Å². The average Bonchev–Trinajstić information content (AvgIpc) is 2.31. The first-order chi connectivity index (χ1) is 7.75. The normalized spacial score (nSPS) is 9.75. The fourth-order valence-electron chi connectivity index (χ4n) is 1.41. The maximum absolute atomic E-state index is 5.53. The van der Waals surface area contributed by atoms with Crippen LogP contribution >= 0.6 is 12.2 Å². The summed E-state index contributed by atoms with van der Waals surface area (Å²) in [4.78, 5) is 0.422. The number of anilines is 2. The monoisotopic (exact) mass is 228 g/mol. The molecule has 0 heterocycles. The minimum absolute atomic E-state index is 0.422. The molecule has 3 heteroatoms. The Labute approximate surface area is 100 Å². The number of hydrogen-bond donors (Lipinski definition) is 2. The third-order valence-electron chi connectivity index (χ3n) is 2.23. The van der Waals surface area contributed by atoms with Crippen molar-refractivity contribution < 1.29 is 0 Å². The number of hydrogen-bond acceptors (Lipinski definition) is 2. The molecule has 0 aliphatic heterocycles. The topological polar surface area (TPSA) is 38.0 Å². The fourth-order valence-corrected chi connectivity index (χ4v) is 1.54. The smallest absolute Gasteiger partial charge is 0.103 e. The molecule has 0 radical (unpaired) electrons. The molecule has 0 aliphatic carbocycles. The van der Waals surface area contributed by atoms with Crippen molar-refractivity contribution >= 4 is 28.6 Å². The summed E-state index contributed by atoms with van der Waals surface area (Å²) in [5, 5.41) is 3.29. The van der Waals surface area contributed by atoms with Crippen molar-refractivity contribution in [2.45, 2.75) is 0 Å². The molecule has 0 spiro atoms. The molecule has 2 aromatic carbocycles. The summed E-state index contributed by atoms with van der Waals surface area (Å²) in [7, 11) is 0. The molecule has 0 bridgehead atoms. The highest BCUT2D eigenvalue weighted by Gasteiger charge is 1.96. The third-order valence-corrected chi connectivity index (χ3v) is 2.47. The van der Waals surface area contributed by atoms with Crippen LogP contribution in [-0.4, -0.2) is 4.99 Å². The zero-order valence-corrected chi connectivity index (χ0v) is 9.50. The van der Waals surface area contributed by atoms with Crippen LogP contribution in [0.2, 0.25) is 0 Å². The van der Waals surface area contributed by atoms with Crippen LogP contribution in [0.3, 0.4) is 0 Å². The Morgan fingerprint density at radius 1 is 0.875 bits per heavy atom. The minimum Gasteiger partial charge on any atom is -0.389 e. The summed E-state index contributed by atoms with van der Waals surface area (Å²) in [6, 6.07) is 17.7. The Morgan fingerprint density at radius 3 is 2.00 bits per heavy atom. The molecule has 2 nitrogen and oxygen atoms in total. The van der Waals surface area contributed by atoms with Crippen LogP contribution in [-0.2, 0) is 0 Å². The van der Waals surface area contributed by atoms with Gasteiger partial charge in [0.05, 0.1) is 0 Å². The minimum atomic E-state index is 0.422. The second-order valence-corrected chi connectivity index (χ2v) is 3.87. The number of rotatable bonds is 3. The van der Waals surface area contributed by atoms with Gasteiger partial charge in [0.15, 0.2) is 0 Å². The summed E-state index contributed by atoms with van der Waals surface area (Å²) in [5.41, 5.74) is 8.49. The summed E-state index contributed by atoms with van der Waals surface area (Å²) >= 11 is 4.89. The van der Waals surface area contributed by atoms with E-state index in [1.807, 2.05) is 54.6 Å². The van der Waals surface area contributed by atoms with Gasteiger partial charge in [0.1, 0.15) is 4.99 Å². The quantitative estimate of drug-likeness (QED) is 0.793. The highest BCUT2D eigenvalue weighted by Crippen LogP contribution is 2.16. The van der Waals surface area contributed by atoms with Crippen LogP contribution in [0.1, 0.15) is 5.56 Å². The van der Waals surface area contributed by atoms with Gasteiger partial charge < -0.3 is 11.1 Å². The standard InChI is InChI=1S/C13H12N2S/c14-13(16)10-6-8-12(9-7-10)15-11-4-2-1-3-5-11/h1-9,15H,(H2,14,16). The van der Waals surface area contributed by atoms with E-state index >= 15 is 0 Å². The van der Waals surface area contributed by atoms with Gasteiger partial charge in [-0.3, -0.25) is 0 Å². The van der Waals surface area contributed by atoms with Gasteiger partial charge in [-0.05, 0) is 36.4 Å². The van der Waals surface area contributed by atoms with E-state index in [9.17, 15) is 0 Å². The average molecular weight is 228 g/mol. The van der Waals surface area contributed by atoms with Gasteiger partial charge in [0, 0.05) is 16.9 Å². The first-order valence-electron chi connectivity index (χ1n) is 4.97. The van der Waals surface area contributed by atoms with Crippen LogP contribution < -0.4 is 11.1 Å². The molecule has 3 N–H and O–H groups in total. The van der Waals surface area contributed by atoms with Crippen LogP contribution in [0, 0.1) is 0 Å². The van der Waals surface area contributed by atoms with E-state index in [4.69, 9.17) is 18.0 Å². The van der Waals surface area contributed by atoms with Gasteiger partial charge >= 0.3 is 0 Å². The SMILES string of the molecule is NC(=S)c1ccc(Nc2ccccc2)cc1. The summed E-state index contributed by atoms with van der Waals surface area (Å²) in [6.07, 6.45) is 0. The summed E-state index contributed by atoms with van der Waals surface area (Å²) < 4.78 is 0. The lowest BCUT2D eigenvalue weighted by molar-refractivity contribution is 1.53. The van der Waals surface area contributed by atoms with E-state index in [1.54, 1.807) is 0 Å². The Morgan fingerprint density at radius 2 is 1.44 bits per heavy atom. The Balaban J connectivity index is 2.14. The van der Waals surface area contributed by atoms with Crippen molar-refractivity contribution in [2.24, 2.45) is 5.73 Å². The molecule has 0 aromatic heterocycles. The molecule has 80 valence electrons. The van der Waals surface area contributed by atoms with Gasteiger partial charge in [0.25, 0.3) is 0 Å². The summed E-state index contributed by atoms with van der Waals surface area (Å²) in [6.45, 7) is 0. The van der Waals surface area contributed by atoms with E-state index in [1.165, 1.54) is 0 Å². The number of nitrogens with one attached hydrogen (secondary N) is 1. The van der Waals surface area contributed by atoms with E-state index in [0.29, 0.717) is 4.99 Å². The first-order valence-corrected chi connectivity index (χ1v) is 5.38. The summed E-state index contributed by atoms with van der Waals surface area (Å²) in [5.74, 6) is 0. The molecule has 2 rings (SSSR count). The lowest BCUT2D eigenvalue weighted by Gasteiger charge is -2.06. The number of thiocarbonyl (C=S) groups is 1. The van der Waals surface area contributed by atoms with E-state index < -0.39 is 0 Å². The van der Waals surface area contributed by atoms with Crippen molar-refractivity contribution in [1.82, 2.24) is 0 Å². The van der Waals surface area contributed by atoms with Gasteiger partial charge in [0.2, 0.25) is 0 Å². The van der Waals surface area contributed by atoms with E-state index in [2.05, 4.69) is 5.32 Å². The first kappa shape index (κ1) is 10.6. The highest BCUT2D eigenvalue weighted by atomic mass is 32.1. The lowest BCUT2D eigenvalue weighted by atomic mass is 10.2. The molecule has 0 unspecified atom stereocenters. The maximum Gasteiger partial charge on any atom is 0.103 e. The zero-order chi connectivity index (χ0) is 11.4. The van der Waals surface area contributed by atoms with Crippen LogP contribution in [0.4, 0.5) is 11.4 Å². The van der Waals surface area contributed by atoms with Gasteiger partial charge in [-0.1, -0.05) is 30.4 Å². The van der Waals surface area contributed by atoms with Crippen molar-refractivity contribution in [3.8, 4) is 0 Å². The molecule has 0 saturated heterocycles. The molecular weight excluding hydrogens is 216 g/mol. The molecule has 16 heavy (non-hydrogen) atoms. The maximum atomic E-state index is 5.53. The molecule has 0 aliphatic rings. The number of para-hydroxylation sites is 1. The van der Waals surface area contributed by atoms with Gasteiger partial charge in [-0.2, -0.15) is 0 Å². The van der Waals surface area contributed by atoms with E-state index in [-0.39, 0.29) is 0 Å². The fraction of sp³-hybridized carbons (Fsp3) is 0. The molecule has 0 saturated carbocycles. The molecule has 0 fully saturated rings. The lowest BCUT2D eigenvalue weighted by Crippen LogP contribution is -2.08. The van der Waals surface area contributed by atoms with Crippen molar-refractivity contribution in [3.05, 3.63) is 60.2 Å². The van der Waals surface area contributed by atoms with Crippen molar-refractivity contribution in [2.75, 3.05) is 5.32 Å².